The summed E-state index contributed by atoms with van der Waals surface area (Å²) >= 11 is 1.35. The van der Waals surface area contributed by atoms with Crippen LogP contribution in [-0.4, -0.2) is 40.8 Å². The first kappa shape index (κ1) is 19.8. The standard InChI is InChI=1S/C22H20N4O3S/c1-28-14-9-10-18(19(12-14)29-2)24-20(27)13-30-22-15(6-5-11-23-22)21-25-16-7-3-4-8-17(16)26-21/h3-12H,13H2,1-2H3,(H,24,27)(H,25,26). The first-order valence-electron chi connectivity index (χ1n) is 9.22. The van der Waals surface area contributed by atoms with E-state index in [9.17, 15) is 4.79 Å². The van der Waals surface area contributed by atoms with Crippen LogP contribution >= 0.6 is 11.8 Å². The molecule has 2 aromatic carbocycles. The zero-order valence-electron chi connectivity index (χ0n) is 16.5. The summed E-state index contributed by atoms with van der Waals surface area (Å²) in [6.07, 6.45) is 1.71. The number of hydrogen-bond donors (Lipinski definition) is 2. The fraction of sp³-hybridized carbons (Fsp3) is 0.136. The molecule has 8 heteroatoms. The number of para-hydroxylation sites is 2. The van der Waals surface area contributed by atoms with E-state index in [1.54, 1.807) is 38.6 Å². The number of nitrogens with zero attached hydrogens (tertiary/aromatic N) is 2. The number of benzene rings is 2. The maximum Gasteiger partial charge on any atom is 0.234 e. The number of imidazole rings is 1. The fourth-order valence-electron chi connectivity index (χ4n) is 2.99. The lowest BCUT2D eigenvalue weighted by Crippen LogP contribution is -2.15. The summed E-state index contributed by atoms with van der Waals surface area (Å²) in [5, 5.41) is 3.60. The molecule has 0 atom stereocenters. The summed E-state index contributed by atoms with van der Waals surface area (Å²) in [7, 11) is 3.13. The number of amides is 1. The highest BCUT2D eigenvalue weighted by Gasteiger charge is 2.14. The van der Waals surface area contributed by atoms with E-state index in [-0.39, 0.29) is 11.7 Å². The van der Waals surface area contributed by atoms with Gasteiger partial charge in [-0.05, 0) is 36.4 Å². The van der Waals surface area contributed by atoms with Crippen LogP contribution in [0.4, 0.5) is 5.69 Å². The van der Waals surface area contributed by atoms with E-state index in [4.69, 9.17) is 9.47 Å². The van der Waals surface area contributed by atoms with Gasteiger partial charge in [-0.3, -0.25) is 4.79 Å². The van der Waals surface area contributed by atoms with Crippen molar-refractivity contribution in [2.24, 2.45) is 0 Å². The van der Waals surface area contributed by atoms with Crippen molar-refractivity contribution in [1.29, 1.82) is 0 Å². The SMILES string of the molecule is COc1ccc(NC(=O)CSc2ncccc2-c2nc3ccccc3[nH]2)c(OC)c1. The Bertz CT molecular complexity index is 1160. The smallest absolute Gasteiger partial charge is 0.234 e. The second kappa shape index (κ2) is 8.87. The summed E-state index contributed by atoms with van der Waals surface area (Å²) in [6.45, 7) is 0. The Labute approximate surface area is 177 Å². The number of aromatic nitrogens is 3. The van der Waals surface area contributed by atoms with Crippen molar-refractivity contribution in [3.8, 4) is 22.9 Å². The van der Waals surface area contributed by atoms with Crippen molar-refractivity contribution < 1.29 is 14.3 Å². The maximum atomic E-state index is 12.5. The number of ether oxygens (including phenoxy) is 2. The van der Waals surface area contributed by atoms with Crippen molar-refractivity contribution in [2.45, 2.75) is 5.03 Å². The molecule has 152 valence electrons. The number of anilines is 1. The van der Waals surface area contributed by atoms with E-state index in [0.29, 0.717) is 17.2 Å². The van der Waals surface area contributed by atoms with Crippen LogP contribution in [0.3, 0.4) is 0 Å². The second-order valence-electron chi connectivity index (χ2n) is 6.36. The minimum Gasteiger partial charge on any atom is -0.497 e. The summed E-state index contributed by atoms with van der Waals surface area (Å²) in [5.41, 5.74) is 3.28. The van der Waals surface area contributed by atoms with Gasteiger partial charge in [0.25, 0.3) is 0 Å². The Hall–Kier alpha value is -3.52. The predicted octanol–water partition coefficient (Wildman–Crippen LogP) is 4.37. The van der Waals surface area contributed by atoms with Crippen molar-refractivity contribution in [3.63, 3.8) is 0 Å². The Morgan fingerprint density at radius 1 is 1.10 bits per heavy atom. The van der Waals surface area contributed by atoms with E-state index < -0.39 is 0 Å². The van der Waals surface area contributed by atoms with E-state index >= 15 is 0 Å². The second-order valence-corrected chi connectivity index (χ2v) is 7.33. The lowest BCUT2D eigenvalue weighted by atomic mass is 10.2. The topological polar surface area (TPSA) is 89.1 Å². The molecule has 2 N–H and O–H groups in total. The third-order valence-electron chi connectivity index (χ3n) is 4.44. The Morgan fingerprint density at radius 2 is 1.97 bits per heavy atom. The first-order valence-corrected chi connectivity index (χ1v) is 10.2. The van der Waals surface area contributed by atoms with Crippen molar-refractivity contribution >= 4 is 34.4 Å². The maximum absolute atomic E-state index is 12.5. The largest absolute Gasteiger partial charge is 0.497 e. The fourth-order valence-corrected chi connectivity index (χ4v) is 3.78. The molecule has 30 heavy (non-hydrogen) atoms. The molecule has 0 aliphatic heterocycles. The van der Waals surface area contributed by atoms with Crippen LogP contribution in [0.5, 0.6) is 11.5 Å². The number of methoxy groups -OCH3 is 2. The molecular weight excluding hydrogens is 400 g/mol. The average Bonchev–Trinajstić information content (AvgIpc) is 3.22. The quantitative estimate of drug-likeness (QED) is 0.432. The molecule has 0 spiro atoms. The number of hydrogen-bond acceptors (Lipinski definition) is 6. The van der Waals surface area contributed by atoms with Gasteiger partial charge in [0.05, 0.1) is 36.7 Å². The molecule has 1 amide bonds. The van der Waals surface area contributed by atoms with E-state index in [2.05, 4.69) is 20.3 Å². The Morgan fingerprint density at radius 3 is 2.77 bits per heavy atom. The van der Waals surface area contributed by atoms with Gasteiger partial charge < -0.3 is 19.8 Å². The van der Waals surface area contributed by atoms with E-state index in [1.807, 2.05) is 36.4 Å². The Balaban J connectivity index is 1.49. The van der Waals surface area contributed by atoms with Gasteiger partial charge in [-0.25, -0.2) is 9.97 Å². The minimum atomic E-state index is -0.162. The van der Waals surface area contributed by atoms with E-state index in [0.717, 1.165) is 27.4 Å². The van der Waals surface area contributed by atoms with Gasteiger partial charge in [0, 0.05) is 17.8 Å². The molecule has 0 bridgehead atoms. The molecule has 0 saturated heterocycles. The molecule has 7 nitrogen and oxygen atoms in total. The van der Waals surface area contributed by atoms with Gasteiger partial charge in [0.2, 0.25) is 5.91 Å². The summed E-state index contributed by atoms with van der Waals surface area (Å²) < 4.78 is 10.5. The van der Waals surface area contributed by atoms with Crippen molar-refractivity contribution in [3.05, 3.63) is 60.8 Å². The number of rotatable bonds is 7. The molecule has 4 rings (SSSR count). The van der Waals surface area contributed by atoms with Gasteiger partial charge in [0.1, 0.15) is 22.3 Å². The normalized spacial score (nSPS) is 10.7. The number of nitrogens with one attached hydrogen (secondary N) is 2. The van der Waals surface area contributed by atoms with Crippen LogP contribution in [0.1, 0.15) is 0 Å². The monoisotopic (exact) mass is 420 g/mol. The molecule has 2 aromatic heterocycles. The number of pyridine rings is 1. The number of carbonyl (C=O) groups excluding carboxylic acids is 1. The molecule has 4 aromatic rings. The van der Waals surface area contributed by atoms with Gasteiger partial charge >= 0.3 is 0 Å². The number of aromatic amines is 1. The van der Waals surface area contributed by atoms with E-state index in [1.165, 1.54) is 11.8 Å². The van der Waals surface area contributed by atoms with Crippen LogP contribution in [0.15, 0.2) is 65.8 Å². The third-order valence-corrected chi connectivity index (χ3v) is 5.44. The summed E-state index contributed by atoms with van der Waals surface area (Å²) in [6, 6.07) is 16.9. The van der Waals surface area contributed by atoms with Crippen LogP contribution in [0, 0.1) is 0 Å². The van der Waals surface area contributed by atoms with Gasteiger partial charge in [0.15, 0.2) is 0 Å². The highest BCUT2D eigenvalue weighted by molar-refractivity contribution is 8.00. The number of carbonyl (C=O) groups is 1. The molecule has 0 aliphatic rings. The molecule has 2 heterocycles. The molecule has 0 unspecified atom stereocenters. The van der Waals surface area contributed by atoms with Gasteiger partial charge in [-0.2, -0.15) is 0 Å². The van der Waals surface area contributed by atoms with Crippen LogP contribution < -0.4 is 14.8 Å². The van der Waals surface area contributed by atoms with Crippen LogP contribution in [0.2, 0.25) is 0 Å². The first-order chi connectivity index (χ1) is 14.7. The number of H-pyrrole nitrogens is 1. The highest BCUT2D eigenvalue weighted by Crippen LogP contribution is 2.31. The number of fused-ring (bicyclic) bond motifs is 1. The predicted molar refractivity (Wildman–Crippen MR) is 118 cm³/mol. The summed E-state index contributed by atoms with van der Waals surface area (Å²) in [5.74, 6) is 1.95. The highest BCUT2D eigenvalue weighted by atomic mass is 32.2. The zero-order valence-corrected chi connectivity index (χ0v) is 17.3. The lowest BCUT2D eigenvalue weighted by molar-refractivity contribution is -0.113. The van der Waals surface area contributed by atoms with Gasteiger partial charge in [-0.15, -0.1) is 0 Å². The molecule has 0 aliphatic carbocycles. The van der Waals surface area contributed by atoms with Gasteiger partial charge in [-0.1, -0.05) is 23.9 Å². The van der Waals surface area contributed by atoms with Crippen molar-refractivity contribution in [1.82, 2.24) is 15.0 Å². The summed E-state index contributed by atoms with van der Waals surface area (Å²) in [4.78, 5) is 24.9. The molecular formula is C22H20N4O3S. The Kier molecular flexibility index (Phi) is 5.85. The molecule has 0 radical (unpaired) electrons. The molecule has 0 saturated carbocycles. The average molecular weight is 420 g/mol. The van der Waals surface area contributed by atoms with Crippen molar-refractivity contribution in [2.75, 3.05) is 25.3 Å². The number of thioether (sulfide) groups is 1. The minimum absolute atomic E-state index is 0.162. The lowest BCUT2D eigenvalue weighted by Gasteiger charge is -2.12. The van der Waals surface area contributed by atoms with Crippen LogP contribution in [0.25, 0.3) is 22.4 Å². The van der Waals surface area contributed by atoms with Crippen LogP contribution in [-0.2, 0) is 4.79 Å². The zero-order chi connectivity index (χ0) is 20.9. The molecule has 0 fully saturated rings. The third kappa shape index (κ3) is 4.23.